The van der Waals surface area contributed by atoms with Crippen molar-refractivity contribution in [3.05, 3.63) is 106 Å². The number of benzene rings is 3. The van der Waals surface area contributed by atoms with Crippen molar-refractivity contribution in [2.45, 2.75) is 19.5 Å². The van der Waals surface area contributed by atoms with E-state index in [0.29, 0.717) is 24.2 Å². The highest BCUT2D eigenvalue weighted by molar-refractivity contribution is 6.05. The average Bonchev–Trinajstić information content (AvgIpc) is 3.03. The van der Waals surface area contributed by atoms with E-state index in [-0.39, 0.29) is 11.1 Å². The monoisotopic (exact) mass is 404 g/mol. The van der Waals surface area contributed by atoms with Crippen molar-refractivity contribution in [3.63, 3.8) is 0 Å². The fraction of sp³-hybridized carbons (Fsp3) is 0.111. The summed E-state index contributed by atoms with van der Waals surface area (Å²) in [7, 11) is 0. The molecule has 0 radical (unpaired) electrons. The van der Waals surface area contributed by atoms with Crippen LogP contribution < -0.4 is 11.1 Å². The lowest BCUT2D eigenvalue weighted by molar-refractivity contribution is 0.581. The van der Waals surface area contributed by atoms with Crippen LogP contribution in [0.4, 0.5) is 0 Å². The number of hydrogen-bond donors (Lipinski definition) is 0. The summed E-state index contributed by atoms with van der Waals surface area (Å²) < 4.78 is 3.73. The van der Waals surface area contributed by atoms with Crippen LogP contribution in [0.25, 0.3) is 44.1 Å². The summed E-state index contributed by atoms with van der Waals surface area (Å²) in [6.07, 6.45) is 0.731. The number of rotatable bonds is 2. The van der Waals surface area contributed by atoms with E-state index >= 15 is 0 Å². The SMILES string of the molecule is O=c1c(-c2ccccc2)cc2ccc3cc(-c4ccccc4)c(=O)n4c3c2n1CCC4. The minimum Gasteiger partial charge on any atom is -0.306 e. The van der Waals surface area contributed by atoms with Crippen LogP contribution in [0.15, 0.2) is 94.5 Å². The second kappa shape index (κ2) is 6.81. The first kappa shape index (κ1) is 17.9. The minimum atomic E-state index is -0.000708. The van der Waals surface area contributed by atoms with Crippen molar-refractivity contribution in [2.75, 3.05) is 0 Å². The van der Waals surface area contributed by atoms with Gasteiger partial charge >= 0.3 is 0 Å². The zero-order valence-electron chi connectivity index (χ0n) is 16.9. The Bertz CT molecular complexity index is 1460. The van der Waals surface area contributed by atoms with Gasteiger partial charge < -0.3 is 9.13 Å². The van der Waals surface area contributed by atoms with E-state index in [2.05, 4.69) is 12.1 Å². The van der Waals surface area contributed by atoms with Gasteiger partial charge in [-0.2, -0.15) is 0 Å². The van der Waals surface area contributed by atoms with Crippen LogP contribution in [0.3, 0.4) is 0 Å². The number of nitrogens with zero attached hydrogens (tertiary/aromatic N) is 2. The zero-order valence-corrected chi connectivity index (χ0v) is 16.9. The van der Waals surface area contributed by atoms with Gasteiger partial charge in [-0.1, -0.05) is 72.8 Å². The minimum absolute atomic E-state index is 0.000708. The van der Waals surface area contributed by atoms with Gasteiger partial charge in [-0.3, -0.25) is 9.59 Å². The lowest BCUT2D eigenvalue weighted by Crippen LogP contribution is -2.22. The predicted octanol–water partition coefficient (Wildman–Crippen LogP) is 5.05. The molecule has 0 amide bonds. The smallest absolute Gasteiger partial charge is 0.258 e. The van der Waals surface area contributed by atoms with Crippen LogP contribution in [0.1, 0.15) is 6.42 Å². The molecular weight excluding hydrogens is 384 g/mol. The summed E-state index contributed by atoms with van der Waals surface area (Å²) in [6.45, 7) is 1.19. The Kier molecular flexibility index (Phi) is 3.93. The highest BCUT2D eigenvalue weighted by atomic mass is 16.1. The molecular formula is C27H20N2O2. The zero-order chi connectivity index (χ0) is 20.9. The summed E-state index contributed by atoms with van der Waals surface area (Å²) in [5.74, 6) is 0. The maximum Gasteiger partial charge on any atom is 0.258 e. The topological polar surface area (TPSA) is 44.0 Å². The molecule has 0 spiro atoms. The van der Waals surface area contributed by atoms with Crippen LogP contribution in [0.5, 0.6) is 0 Å². The second-order valence-electron chi connectivity index (χ2n) is 8.06. The Morgan fingerprint density at radius 3 is 1.39 bits per heavy atom. The molecule has 150 valence electrons. The molecule has 1 aliphatic heterocycles. The summed E-state index contributed by atoms with van der Waals surface area (Å²) in [4.78, 5) is 27.0. The predicted molar refractivity (Wildman–Crippen MR) is 125 cm³/mol. The first-order valence-corrected chi connectivity index (χ1v) is 10.6. The Morgan fingerprint density at radius 1 is 0.548 bits per heavy atom. The number of pyridine rings is 2. The summed E-state index contributed by atoms with van der Waals surface area (Å²) in [5, 5.41) is 1.96. The van der Waals surface area contributed by atoms with E-state index in [1.54, 1.807) is 0 Å². The summed E-state index contributed by atoms with van der Waals surface area (Å²) >= 11 is 0. The highest BCUT2D eigenvalue weighted by Gasteiger charge is 2.20. The number of hydrogen-bond acceptors (Lipinski definition) is 2. The average molecular weight is 404 g/mol. The third-order valence-corrected chi connectivity index (χ3v) is 6.24. The van der Waals surface area contributed by atoms with Gasteiger partial charge in [-0.25, -0.2) is 0 Å². The van der Waals surface area contributed by atoms with Gasteiger partial charge in [-0.15, -0.1) is 0 Å². The van der Waals surface area contributed by atoms with E-state index in [9.17, 15) is 9.59 Å². The van der Waals surface area contributed by atoms with Gasteiger partial charge in [0, 0.05) is 35.0 Å². The molecule has 0 bridgehead atoms. The Balaban J connectivity index is 1.73. The van der Waals surface area contributed by atoms with Gasteiger partial charge in [0.15, 0.2) is 0 Å². The van der Waals surface area contributed by atoms with E-state index in [1.165, 1.54) is 0 Å². The molecule has 3 aromatic carbocycles. The lowest BCUT2D eigenvalue weighted by Gasteiger charge is -2.15. The molecule has 2 aromatic heterocycles. The van der Waals surface area contributed by atoms with Crippen molar-refractivity contribution < 1.29 is 0 Å². The fourth-order valence-corrected chi connectivity index (χ4v) is 4.80. The standard InChI is InChI=1S/C27H20N2O2/c30-26-22(18-8-3-1-4-9-18)16-20-12-13-21-17-23(19-10-5-2-6-11-19)27(31)29-15-7-14-28(26)24(20)25(21)29/h1-6,8-13,16-17H,7,14-15H2. The van der Waals surface area contributed by atoms with Crippen molar-refractivity contribution in [1.82, 2.24) is 9.13 Å². The van der Waals surface area contributed by atoms with Crippen LogP contribution in [-0.4, -0.2) is 9.13 Å². The van der Waals surface area contributed by atoms with Gasteiger partial charge in [-0.05, 0) is 29.7 Å². The molecule has 4 heteroatoms. The lowest BCUT2D eigenvalue weighted by atomic mass is 10.0. The maximum absolute atomic E-state index is 13.5. The van der Waals surface area contributed by atoms with E-state index in [0.717, 1.165) is 39.4 Å². The Hall–Kier alpha value is -3.92. The van der Waals surface area contributed by atoms with Gasteiger partial charge in [0.2, 0.25) is 0 Å². The van der Waals surface area contributed by atoms with Crippen molar-refractivity contribution in [2.24, 2.45) is 0 Å². The van der Waals surface area contributed by atoms with E-state index in [1.807, 2.05) is 81.9 Å². The number of aromatic nitrogens is 2. The van der Waals surface area contributed by atoms with E-state index in [4.69, 9.17) is 0 Å². The fourth-order valence-electron chi connectivity index (χ4n) is 4.80. The summed E-state index contributed by atoms with van der Waals surface area (Å²) in [5.41, 5.74) is 4.94. The van der Waals surface area contributed by atoms with Crippen molar-refractivity contribution in [1.29, 1.82) is 0 Å². The molecule has 0 saturated carbocycles. The molecule has 5 aromatic rings. The summed E-state index contributed by atoms with van der Waals surface area (Å²) in [6, 6.07) is 27.6. The first-order valence-electron chi connectivity index (χ1n) is 10.6. The molecule has 0 unspecified atom stereocenters. The molecule has 0 saturated heterocycles. The van der Waals surface area contributed by atoms with Gasteiger partial charge in [0.1, 0.15) is 0 Å². The maximum atomic E-state index is 13.5. The normalized spacial score (nSPS) is 13.0. The third-order valence-electron chi connectivity index (χ3n) is 6.24. The molecule has 0 atom stereocenters. The Labute approximate surface area is 178 Å². The van der Waals surface area contributed by atoms with Gasteiger partial charge in [0.25, 0.3) is 11.1 Å². The Morgan fingerprint density at radius 2 is 0.968 bits per heavy atom. The largest absolute Gasteiger partial charge is 0.306 e. The molecule has 6 rings (SSSR count). The third kappa shape index (κ3) is 2.68. The molecule has 0 fully saturated rings. The first-order chi connectivity index (χ1) is 15.2. The molecule has 1 aliphatic rings. The van der Waals surface area contributed by atoms with Crippen LogP contribution in [0.2, 0.25) is 0 Å². The molecule has 31 heavy (non-hydrogen) atoms. The van der Waals surface area contributed by atoms with Crippen molar-refractivity contribution >= 4 is 21.8 Å². The van der Waals surface area contributed by atoms with E-state index < -0.39 is 0 Å². The second-order valence-corrected chi connectivity index (χ2v) is 8.06. The molecule has 3 heterocycles. The van der Waals surface area contributed by atoms with Crippen LogP contribution in [-0.2, 0) is 13.1 Å². The molecule has 0 N–H and O–H groups in total. The van der Waals surface area contributed by atoms with Crippen LogP contribution in [0, 0.1) is 0 Å². The highest BCUT2D eigenvalue weighted by Crippen LogP contribution is 2.31. The van der Waals surface area contributed by atoms with Crippen LogP contribution >= 0.6 is 0 Å². The van der Waals surface area contributed by atoms with Crippen molar-refractivity contribution in [3.8, 4) is 22.3 Å². The molecule has 4 nitrogen and oxygen atoms in total. The number of aryl methyl sites for hydroxylation is 2. The molecule has 0 aliphatic carbocycles. The van der Waals surface area contributed by atoms with Gasteiger partial charge in [0.05, 0.1) is 11.0 Å². The quantitative estimate of drug-likeness (QED) is 0.386.